The first-order valence-corrected chi connectivity index (χ1v) is 9.18. The van der Waals surface area contributed by atoms with Crippen LogP contribution in [-0.4, -0.2) is 5.91 Å². The van der Waals surface area contributed by atoms with E-state index in [1.807, 2.05) is 0 Å². The number of aryl methyl sites for hydroxylation is 1. The summed E-state index contributed by atoms with van der Waals surface area (Å²) in [5, 5.41) is 19.9. The van der Waals surface area contributed by atoms with E-state index in [-0.39, 0.29) is 28.2 Å². The van der Waals surface area contributed by atoms with Crippen molar-refractivity contribution in [2.75, 3.05) is 5.73 Å². The van der Waals surface area contributed by atoms with Crippen molar-refractivity contribution >= 4 is 33.6 Å². The van der Waals surface area contributed by atoms with Crippen molar-refractivity contribution in [1.29, 1.82) is 5.26 Å². The number of amides is 1. The fraction of sp³-hybridized carbons (Fsp3) is 0.0667. The first-order chi connectivity index (χ1) is 14.3. The molecule has 0 unspecified atom stereocenters. The number of azide groups is 1. The molecule has 0 aliphatic carbocycles. The van der Waals surface area contributed by atoms with Crippen LogP contribution in [0.3, 0.4) is 0 Å². The maximum Gasteiger partial charge on any atom is 0.251 e. The summed E-state index contributed by atoms with van der Waals surface area (Å²) < 4.78 is 7.26. The zero-order chi connectivity index (χ0) is 22.3. The largest absolute Gasteiger partial charge is 0.398 e. The Kier molecular flexibility index (Phi) is 6.60. The molecule has 2 aromatic carbocycles. The highest BCUT2D eigenvalue weighted by molar-refractivity contribution is 8.30. The van der Waals surface area contributed by atoms with Gasteiger partial charge in [-0.1, -0.05) is 0 Å². The van der Waals surface area contributed by atoms with Crippen molar-refractivity contribution in [3.63, 3.8) is 0 Å². The summed E-state index contributed by atoms with van der Waals surface area (Å²) in [6.45, 7) is 1.65. The summed E-state index contributed by atoms with van der Waals surface area (Å²) in [5.74, 6) is -0.942. The zero-order valence-electron chi connectivity index (χ0n) is 15.0. The van der Waals surface area contributed by atoms with E-state index in [1.165, 1.54) is 24.3 Å². The fourth-order valence-electron chi connectivity index (χ4n) is 2.22. The quantitative estimate of drug-likeness (QED) is 0.196. The lowest BCUT2D eigenvalue weighted by Gasteiger charge is -2.15. The predicted octanol–water partition coefficient (Wildman–Crippen LogP) is 5.52. The molecule has 0 saturated heterocycles. The van der Waals surface area contributed by atoms with Gasteiger partial charge < -0.3 is 5.73 Å². The monoisotopic (exact) mass is 426 g/mol. The van der Waals surface area contributed by atoms with Crippen molar-refractivity contribution in [1.82, 2.24) is 0 Å². The fourth-order valence-corrected chi connectivity index (χ4v) is 3.23. The summed E-state index contributed by atoms with van der Waals surface area (Å²) in [6, 6.07) is 7.91. The van der Waals surface area contributed by atoms with E-state index in [1.54, 1.807) is 13.0 Å². The number of nitrogen functional groups attached to an aromatic ring is 1. The predicted molar refractivity (Wildman–Crippen MR) is 108 cm³/mol. The van der Waals surface area contributed by atoms with E-state index in [9.17, 15) is 19.5 Å². The standard InChI is InChI=1S/C15H10N10O4S/c1-8-4-13(11(6-12(8)17)15(26)21-22-18)20-19-10-3-2-9(7-16)14(5-10)30(23-27,24-28)25-29/h2-6H,17H2,1H3. The molecule has 0 aromatic heterocycles. The SMILES string of the molecule is Cc1cc(N=Nc2ccc(C#N)c(S(N=O)(N=O)N=O)c2)c(C(=O)N=[N+]=[N-])cc1N. The molecule has 150 valence electrons. The summed E-state index contributed by atoms with van der Waals surface area (Å²) in [5.41, 5.74) is 14.7. The number of nitrogens with two attached hydrogens (primary N) is 1. The lowest BCUT2D eigenvalue weighted by molar-refractivity contribution is 0.100. The number of nitrogens with zero attached hydrogens (tertiary/aromatic N) is 9. The van der Waals surface area contributed by atoms with Crippen LogP contribution in [0.1, 0.15) is 21.5 Å². The van der Waals surface area contributed by atoms with Crippen LogP contribution >= 0.6 is 10.6 Å². The molecular weight excluding hydrogens is 416 g/mol. The second-order valence-corrected chi connectivity index (χ2v) is 7.38. The van der Waals surface area contributed by atoms with Crippen LogP contribution in [0.5, 0.6) is 0 Å². The number of carbonyl (C=O) groups is 1. The van der Waals surface area contributed by atoms with Crippen LogP contribution < -0.4 is 5.73 Å². The number of carbonyl (C=O) groups excluding carboxylic acids is 1. The molecule has 1 amide bonds. The van der Waals surface area contributed by atoms with E-state index in [4.69, 9.17) is 16.5 Å². The smallest absolute Gasteiger partial charge is 0.251 e. The first-order valence-electron chi connectivity index (χ1n) is 7.68. The number of hydrogen-bond acceptors (Lipinski definition) is 11. The molecule has 0 radical (unpaired) electrons. The Morgan fingerprint density at radius 2 is 1.80 bits per heavy atom. The summed E-state index contributed by atoms with van der Waals surface area (Å²) >= 11 is 0. The normalized spacial score (nSPS) is 11.2. The highest BCUT2D eigenvalue weighted by atomic mass is 32.3. The molecule has 2 N–H and O–H groups in total. The Bertz CT molecular complexity index is 1160. The van der Waals surface area contributed by atoms with Gasteiger partial charge in [0.15, 0.2) is 10.6 Å². The van der Waals surface area contributed by atoms with Gasteiger partial charge >= 0.3 is 0 Å². The third-order valence-electron chi connectivity index (χ3n) is 3.72. The molecule has 0 fully saturated rings. The molecule has 14 nitrogen and oxygen atoms in total. The van der Waals surface area contributed by atoms with Gasteiger partial charge in [0.2, 0.25) is 0 Å². The van der Waals surface area contributed by atoms with Crippen molar-refractivity contribution in [2.24, 2.45) is 29.1 Å². The third-order valence-corrected chi connectivity index (χ3v) is 5.27. The van der Waals surface area contributed by atoms with E-state index in [0.29, 0.717) is 5.56 Å². The van der Waals surface area contributed by atoms with Gasteiger partial charge in [-0.3, -0.25) is 4.79 Å². The van der Waals surface area contributed by atoms with Crippen LogP contribution in [0, 0.1) is 33.0 Å². The van der Waals surface area contributed by atoms with Crippen LogP contribution in [0.15, 0.2) is 64.3 Å². The van der Waals surface area contributed by atoms with Crippen molar-refractivity contribution in [2.45, 2.75) is 11.8 Å². The van der Waals surface area contributed by atoms with Gasteiger partial charge in [-0.15, -0.1) is 19.8 Å². The van der Waals surface area contributed by atoms with Gasteiger partial charge in [0.05, 0.1) is 27.4 Å². The minimum absolute atomic E-state index is 0.00603. The van der Waals surface area contributed by atoms with Gasteiger partial charge in [-0.25, -0.2) is 0 Å². The van der Waals surface area contributed by atoms with Gasteiger partial charge in [-0.2, -0.15) is 10.4 Å². The second-order valence-electron chi connectivity index (χ2n) is 5.46. The van der Waals surface area contributed by atoms with Gasteiger partial charge in [0.25, 0.3) is 5.91 Å². The van der Waals surface area contributed by atoms with Crippen LogP contribution in [0.4, 0.5) is 17.1 Å². The zero-order valence-corrected chi connectivity index (χ0v) is 15.8. The minimum atomic E-state index is -3.92. The molecule has 0 saturated carbocycles. The Hall–Kier alpha value is -4.54. The molecule has 0 heterocycles. The topological polar surface area (TPSA) is 229 Å². The van der Waals surface area contributed by atoms with Crippen LogP contribution in [0.25, 0.3) is 10.4 Å². The van der Waals surface area contributed by atoms with E-state index >= 15 is 0 Å². The Morgan fingerprint density at radius 1 is 1.13 bits per heavy atom. The van der Waals surface area contributed by atoms with Crippen molar-refractivity contribution in [3.8, 4) is 6.07 Å². The Labute approximate surface area is 169 Å². The molecule has 0 bridgehead atoms. The first kappa shape index (κ1) is 21.8. The van der Waals surface area contributed by atoms with E-state index in [0.717, 1.165) is 6.07 Å². The molecular formula is C15H10N10O4S. The van der Waals surface area contributed by atoms with Crippen LogP contribution in [-0.2, 0) is 0 Å². The number of anilines is 1. The van der Waals surface area contributed by atoms with Gasteiger partial charge in [-0.05, 0) is 53.5 Å². The summed E-state index contributed by atoms with van der Waals surface area (Å²) in [7, 11) is -3.92. The number of rotatable bonds is 7. The van der Waals surface area contributed by atoms with Crippen molar-refractivity contribution in [3.05, 3.63) is 72.2 Å². The number of benzene rings is 2. The highest BCUT2D eigenvalue weighted by Crippen LogP contribution is 2.61. The van der Waals surface area contributed by atoms with Gasteiger partial charge in [0, 0.05) is 24.3 Å². The number of azo groups is 1. The van der Waals surface area contributed by atoms with Gasteiger partial charge in [0.1, 0.15) is 6.07 Å². The molecule has 15 heteroatoms. The molecule has 2 rings (SSSR count). The summed E-state index contributed by atoms with van der Waals surface area (Å²) in [6.07, 6.45) is 0. The average molecular weight is 426 g/mol. The maximum absolute atomic E-state index is 12.0. The average Bonchev–Trinajstić information content (AvgIpc) is 2.76. The molecule has 2 aromatic rings. The number of hydrogen-bond donors (Lipinski definition) is 1. The maximum atomic E-state index is 12.0. The second kappa shape index (κ2) is 9.10. The lowest BCUT2D eigenvalue weighted by Crippen LogP contribution is -1.98. The number of nitriles is 1. The molecule has 0 aliphatic rings. The van der Waals surface area contributed by atoms with Crippen molar-refractivity contribution < 1.29 is 4.79 Å². The van der Waals surface area contributed by atoms with Crippen LogP contribution in [0.2, 0.25) is 0 Å². The Balaban J connectivity index is 2.62. The number of nitroso groups, excluding NO2 is 3. The minimum Gasteiger partial charge on any atom is -0.398 e. The molecule has 0 spiro atoms. The Morgan fingerprint density at radius 3 is 2.37 bits per heavy atom. The highest BCUT2D eigenvalue weighted by Gasteiger charge is 2.34. The third kappa shape index (κ3) is 4.14. The molecule has 0 aliphatic heterocycles. The lowest BCUT2D eigenvalue weighted by atomic mass is 10.1. The molecule has 30 heavy (non-hydrogen) atoms. The van der Waals surface area contributed by atoms with E-state index < -0.39 is 21.4 Å². The van der Waals surface area contributed by atoms with E-state index in [2.05, 4.69) is 34.0 Å². The summed E-state index contributed by atoms with van der Waals surface area (Å²) in [4.78, 5) is 47.1. The molecule has 0 atom stereocenters.